The van der Waals surface area contributed by atoms with Crippen LogP contribution in [0.3, 0.4) is 0 Å². The Morgan fingerprint density at radius 1 is 1.09 bits per heavy atom. The zero-order valence-corrected chi connectivity index (χ0v) is 19.0. The number of aryl methyl sites for hydroxylation is 5. The van der Waals surface area contributed by atoms with E-state index < -0.39 is 0 Å². The zero-order valence-electron chi connectivity index (χ0n) is 19.0. The summed E-state index contributed by atoms with van der Waals surface area (Å²) >= 11 is 0. The van der Waals surface area contributed by atoms with E-state index in [2.05, 4.69) is 22.1 Å². The molecule has 1 aliphatic rings. The lowest BCUT2D eigenvalue weighted by molar-refractivity contribution is -0.143. The molecule has 4 rings (SSSR count). The van der Waals surface area contributed by atoms with E-state index in [4.69, 9.17) is 14.8 Å². The van der Waals surface area contributed by atoms with Gasteiger partial charge in [0, 0.05) is 35.5 Å². The van der Waals surface area contributed by atoms with Gasteiger partial charge in [-0.1, -0.05) is 6.07 Å². The van der Waals surface area contributed by atoms with Crippen LogP contribution in [0.15, 0.2) is 36.8 Å². The van der Waals surface area contributed by atoms with Crippen molar-refractivity contribution in [1.29, 1.82) is 0 Å². The van der Waals surface area contributed by atoms with E-state index in [0.717, 1.165) is 36.9 Å². The van der Waals surface area contributed by atoms with Gasteiger partial charge in [0.2, 0.25) is 0 Å². The molecule has 0 aromatic carbocycles. The number of nitrogens with zero attached hydrogens (tertiary/aromatic N) is 5. The van der Waals surface area contributed by atoms with Crippen LogP contribution in [0, 0.1) is 6.92 Å². The number of fused-ring (bicyclic) bond motifs is 1. The standard InChI is InChI=1S/C25H31N5O2/c1-3-32-25(31)15-24(20-16-26-18(2)27-17-20)30-14-13-22(29-30)9-6-8-21-12-11-19-7-4-5-10-23(19)28-21/h11-14,16-17,24H,3-10,15H2,1-2H3. The SMILES string of the molecule is CCOC(=O)CC(c1cnc(C)nc1)n1ccc(CCCc2ccc3c(n2)CCCC3)n1. The fourth-order valence-corrected chi connectivity index (χ4v) is 4.22. The molecule has 0 bridgehead atoms. The summed E-state index contributed by atoms with van der Waals surface area (Å²) in [7, 11) is 0. The van der Waals surface area contributed by atoms with Crippen molar-refractivity contribution in [2.45, 2.75) is 71.3 Å². The molecule has 1 atom stereocenters. The fourth-order valence-electron chi connectivity index (χ4n) is 4.22. The van der Waals surface area contributed by atoms with Crippen LogP contribution in [0.4, 0.5) is 0 Å². The molecule has 0 N–H and O–H groups in total. The minimum Gasteiger partial charge on any atom is -0.466 e. The Kier molecular flexibility index (Phi) is 7.24. The molecule has 1 aliphatic carbocycles. The molecule has 0 radical (unpaired) electrons. The van der Waals surface area contributed by atoms with Gasteiger partial charge in [-0.3, -0.25) is 14.5 Å². The Labute approximate surface area is 189 Å². The van der Waals surface area contributed by atoms with Gasteiger partial charge in [0.05, 0.1) is 24.8 Å². The predicted molar refractivity (Wildman–Crippen MR) is 121 cm³/mol. The van der Waals surface area contributed by atoms with Crippen molar-refractivity contribution >= 4 is 5.97 Å². The largest absolute Gasteiger partial charge is 0.466 e. The van der Waals surface area contributed by atoms with Gasteiger partial charge >= 0.3 is 5.97 Å². The Morgan fingerprint density at radius 3 is 2.69 bits per heavy atom. The summed E-state index contributed by atoms with van der Waals surface area (Å²) in [5, 5.41) is 4.76. The van der Waals surface area contributed by atoms with Crippen LogP contribution in [0.25, 0.3) is 0 Å². The van der Waals surface area contributed by atoms with Crippen molar-refractivity contribution in [2.75, 3.05) is 6.61 Å². The van der Waals surface area contributed by atoms with E-state index in [0.29, 0.717) is 12.4 Å². The summed E-state index contributed by atoms with van der Waals surface area (Å²) < 4.78 is 7.00. The summed E-state index contributed by atoms with van der Waals surface area (Å²) in [6.07, 6.45) is 13.2. The minimum atomic E-state index is -0.286. The van der Waals surface area contributed by atoms with Gasteiger partial charge in [-0.25, -0.2) is 9.97 Å². The molecule has 7 nitrogen and oxygen atoms in total. The van der Waals surface area contributed by atoms with Gasteiger partial charge in [-0.15, -0.1) is 0 Å². The average molecular weight is 434 g/mol. The molecule has 3 heterocycles. The second-order valence-electron chi connectivity index (χ2n) is 8.34. The summed E-state index contributed by atoms with van der Waals surface area (Å²) in [4.78, 5) is 25.7. The average Bonchev–Trinajstić information content (AvgIpc) is 3.27. The molecule has 32 heavy (non-hydrogen) atoms. The normalized spacial score (nSPS) is 14.1. The lowest BCUT2D eigenvalue weighted by Crippen LogP contribution is -2.18. The van der Waals surface area contributed by atoms with Crippen LogP contribution in [0.2, 0.25) is 0 Å². The van der Waals surface area contributed by atoms with Crippen LogP contribution in [0.1, 0.15) is 72.7 Å². The Balaban J connectivity index is 1.40. The molecule has 0 spiro atoms. The molecule has 1 unspecified atom stereocenters. The van der Waals surface area contributed by atoms with E-state index in [9.17, 15) is 4.79 Å². The molecular formula is C25H31N5O2. The van der Waals surface area contributed by atoms with Crippen molar-refractivity contribution in [2.24, 2.45) is 0 Å². The first-order chi connectivity index (χ1) is 15.6. The fraction of sp³-hybridized carbons (Fsp3) is 0.480. The first-order valence-corrected chi connectivity index (χ1v) is 11.6. The van der Waals surface area contributed by atoms with Crippen LogP contribution in [-0.4, -0.2) is 37.3 Å². The predicted octanol–water partition coefficient (Wildman–Crippen LogP) is 3.97. The van der Waals surface area contributed by atoms with Crippen LogP contribution < -0.4 is 0 Å². The van der Waals surface area contributed by atoms with Crippen LogP contribution >= 0.6 is 0 Å². The monoisotopic (exact) mass is 433 g/mol. The Morgan fingerprint density at radius 2 is 1.88 bits per heavy atom. The maximum Gasteiger partial charge on any atom is 0.308 e. The number of esters is 1. The number of pyridine rings is 1. The van der Waals surface area contributed by atoms with Crippen molar-refractivity contribution in [3.63, 3.8) is 0 Å². The third-order valence-electron chi connectivity index (χ3n) is 5.94. The molecule has 168 valence electrons. The lowest BCUT2D eigenvalue weighted by Gasteiger charge is -2.17. The number of ether oxygens (including phenoxy) is 1. The highest BCUT2D eigenvalue weighted by Crippen LogP contribution is 2.23. The molecular weight excluding hydrogens is 402 g/mol. The highest BCUT2D eigenvalue weighted by molar-refractivity contribution is 5.70. The van der Waals surface area contributed by atoms with Crippen molar-refractivity contribution in [3.8, 4) is 0 Å². The minimum absolute atomic E-state index is 0.195. The molecule has 0 aliphatic heterocycles. The van der Waals surface area contributed by atoms with Gasteiger partial charge in [0.15, 0.2) is 0 Å². The number of hydrogen-bond donors (Lipinski definition) is 0. The smallest absolute Gasteiger partial charge is 0.308 e. The van der Waals surface area contributed by atoms with Crippen LogP contribution in [0.5, 0.6) is 0 Å². The summed E-state index contributed by atoms with van der Waals surface area (Å²) in [5.74, 6) is 0.439. The number of rotatable bonds is 9. The van der Waals surface area contributed by atoms with E-state index in [-0.39, 0.29) is 18.4 Å². The number of carbonyl (C=O) groups excluding carboxylic acids is 1. The molecule has 3 aromatic rings. The lowest BCUT2D eigenvalue weighted by atomic mass is 9.95. The molecule has 0 fully saturated rings. The second kappa shape index (κ2) is 10.5. The van der Waals surface area contributed by atoms with Crippen molar-refractivity contribution < 1.29 is 9.53 Å². The van der Waals surface area contributed by atoms with Crippen molar-refractivity contribution in [1.82, 2.24) is 24.7 Å². The third kappa shape index (κ3) is 5.58. The molecule has 0 saturated carbocycles. The number of hydrogen-bond acceptors (Lipinski definition) is 6. The van der Waals surface area contributed by atoms with E-state index in [1.807, 2.05) is 30.8 Å². The molecule has 0 saturated heterocycles. The molecule has 7 heteroatoms. The quantitative estimate of drug-likeness (QED) is 0.475. The van der Waals surface area contributed by atoms with Gasteiger partial charge in [-0.05, 0) is 76.5 Å². The van der Waals surface area contributed by atoms with Gasteiger partial charge in [-0.2, -0.15) is 5.10 Å². The van der Waals surface area contributed by atoms with Gasteiger partial charge < -0.3 is 4.74 Å². The topological polar surface area (TPSA) is 82.8 Å². The zero-order chi connectivity index (χ0) is 22.3. The second-order valence-corrected chi connectivity index (χ2v) is 8.34. The van der Waals surface area contributed by atoms with E-state index in [1.165, 1.54) is 36.2 Å². The highest BCUT2D eigenvalue weighted by atomic mass is 16.5. The maximum absolute atomic E-state index is 12.2. The van der Waals surface area contributed by atoms with E-state index >= 15 is 0 Å². The van der Waals surface area contributed by atoms with Gasteiger partial charge in [0.25, 0.3) is 0 Å². The maximum atomic E-state index is 12.2. The summed E-state index contributed by atoms with van der Waals surface area (Å²) in [5.41, 5.74) is 5.73. The number of aromatic nitrogens is 5. The van der Waals surface area contributed by atoms with Crippen LogP contribution in [-0.2, 0) is 35.2 Å². The Hall–Kier alpha value is -3.09. The first-order valence-electron chi connectivity index (χ1n) is 11.6. The third-order valence-corrected chi connectivity index (χ3v) is 5.94. The van der Waals surface area contributed by atoms with E-state index in [1.54, 1.807) is 12.4 Å². The summed E-state index contributed by atoms with van der Waals surface area (Å²) in [6.45, 7) is 4.01. The number of carbonyl (C=O) groups is 1. The molecule has 3 aromatic heterocycles. The summed E-state index contributed by atoms with van der Waals surface area (Å²) in [6, 6.07) is 6.17. The van der Waals surface area contributed by atoms with Crippen molar-refractivity contribution in [3.05, 3.63) is 70.8 Å². The first kappa shape index (κ1) is 22.1. The highest BCUT2D eigenvalue weighted by Gasteiger charge is 2.21. The molecule has 0 amide bonds. The Bertz CT molecular complexity index is 1040. The van der Waals surface area contributed by atoms with Gasteiger partial charge in [0.1, 0.15) is 5.82 Å².